The Hall–Kier alpha value is -2.10. The lowest BCUT2D eigenvalue weighted by Crippen LogP contribution is -2.13. The molecule has 1 N–H and O–H groups in total. The Morgan fingerprint density at radius 2 is 2.00 bits per heavy atom. The Morgan fingerprint density at radius 1 is 1.32 bits per heavy atom. The Balaban J connectivity index is 2.09. The van der Waals surface area contributed by atoms with Gasteiger partial charge in [0, 0.05) is 6.42 Å². The molecule has 0 aromatic heterocycles. The monoisotopic (exact) mass is 301 g/mol. The molecule has 0 saturated heterocycles. The van der Waals surface area contributed by atoms with Gasteiger partial charge in [-0.1, -0.05) is 48.8 Å². The quantitative estimate of drug-likeness (QED) is 0.833. The number of nitrogens with zero attached hydrogens (tertiary/aromatic N) is 1. The number of oxime groups is 1. The van der Waals surface area contributed by atoms with Gasteiger partial charge < -0.3 is 9.94 Å². The van der Waals surface area contributed by atoms with Crippen LogP contribution in [0, 0.1) is 0 Å². The number of benzene rings is 1. The van der Waals surface area contributed by atoms with E-state index in [0.717, 1.165) is 18.6 Å². The van der Waals surface area contributed by atoms with Crippen molar-refractivity contribution in [1.82, 2.24) is 0 Å². The van der Waals surface area contributed by atoms with E-state index in [4.69, 9.17) is 9.94 Å². The summed E-state index contributed by atoms with van der Waals surface area (Å²) in [6.45, 7) is 6.05. The van der Waals surface area contributed by atoms with Crippen LogP contribution in [-0.4, -0.2) is 23.4 Å². The highest BCUT2D eigenvalue weighted by molar-refractivity contribution is 5.96. The van der Waals surface area contributed by atoms with Crippen molar-refractivity contribution < 1.29 is 14.7 Å². The molecule has 0 heterocycles. The molecule has 1 aromatic rings. The molecule has 0 radical (unpaired) electrons. The predicted octanol–water partition coefficient (Wildman–Crippen LogP) is 4.09. The van der Waals surface area contributed by atoms with Gasteiger partial charge in [-0.25, -0.2) is 4.79 Å². The van der Waals surface area contributed by atoms with Crippen molar-refractivity contribution in [2.75, 3.05) is 6.61 Å². The Labute approximate surface area is 131 Å². The Morgan fingerprint density at radius 3 is 2.59 bits per heavy atom. The fourth-order valence-electron chi connectivity index (χ4n) is 2.74. The predicted molar refractivity (Wildman–Crippen MR) is 87.3 cm³/mol. The molecule has 118 valence electrons. The topological polar surface area (TPSA) is 58.9 Å². The number of allylic oxidation sites excluding steroid dienone is 2. The van der Waals surface area contributed by atoms with Gasteiger partial charge in [-0.2, -0.15) is 0 Å². The summed E-state index contributed by atoms with van der Waals surface area (Å²) in [6.07, 6.45) is 3.76. The number of aliphatic carboxylic acids is 1. The molecule has 0 saturated carbocycles. The molecule has 0 amide bonds. The highest BCUT2D eigenvalue weighted by atomic mass is 16.6. The standard InChI is InChI=1S/C18H23NO3/c1-12(2)14-4-6-15(7-5-14)16-8-13(3)9-17(10-16)19-22-11-18(20)21/h4-7,9,12,16H,8,10-11H2,1-3H3,(H,20,21)/b19-17-/t16-/m1/s1. The third-order valence-electron chi connectivity index (χ3n) is 3.88. The largest absolute Gasteiger partial charge is 0.479 e. The number of rotatable bonds is 5. The SMILES string of the molecule is CC1=C/C(=N/OCC(=O)O)C[C@H](c2ccc(C(C)C)cc2)C1. The van der Waals surface area contributed by atoms with E-state index in [1.165, 1.54) is 16.7 Å². The number of hydrogen-bond acceptors (Lipinski definition) is 3. The van der Waals surface area contributed by atoms with Crippen molar-refractivity contribution in [1.29, 1.82) is 0 Å². The average Bonchev–Trinajstić information content (AvgIpc) is 2.46. The maximum Gasteiger partial charge on any atom is 0.344 e. The number of hydrogen-bond donors (Lipinski definition) is 1. The maximum absolute atomic E-state index is 10.5. The van der Waals surface area contributed by atoms with Crippen LogP contribution in [0.3, 0.4) is 0 Å². The van der Waals surface area contributed by atoms with Crippen molar-refractivity contribution in [3.05, 3.63) is 47.0 Å². The zero-order valence-corrected chi connectivity index (χ0v) is 13.4. The number of carboxylic acids is 1. The molecule has 2 rings (SSSR count). The van der Waals surface area contributed by atoms with Gasteiger partial charge in [0.2, 0.25) is 6.61 Å². The molecule has 1 aliphatic rings. The molecule has 1 aromatic carbocycles. The lowest BCUT2D eigenvalue weighted by atomic mass is 9.83. The molecule has 4 heteroatoms. The van der Waals surface area contributed by atoms with E-state index in [0.29, 0.717) is 11.8 Å². The van der Waals surface area contributed by atoms with E-state index in [2.05, 4.69) is 50.2 Å². The van der Waals surface area contributed by atoms with Gasteiger partial charge in [-0.15, -0.1) is 0 Å². The molecule has 22 heavy (non-hydrogen) atoms. The summed E-state index contributed by atoms with van der Waals surface area (Å²) >= 11 is 0. The summed E-state index contributed by atoms with van der Waals surface area (Å²) in [4.78, 5) is 15.3. The summed E-state index contributed by atoms with van der Waals surface area (Å²) in [5.41, 5.74) is 4.68. The van der Waals surface area contributed by atoms with Gasteiger partial charge in [-0.05, 0) is 42.4 Å². The normalized spacial score (nSPS) is 20.1. The zero-order chi connectivity index (χ0) is 16.1. The summed E-state index contributed by atoms with van der Waals surface area (Å²) in [5, 5.41) is 12.5. The Kier molecular flexibility index (Phi) is 5.36. The summed E-state index contributed by atoms with van der Waals surface area (Å²) < 4.78 is 0. The fourth-order valence-corrected chi connectivity index (χ4v) is 2.74. The van der Waals surface area contributed by atoms with Crippen LogP contribution in [0.25, 0.3) is 0 Å². The fraction of sp³-hybridized carbons (Fsp3) is 0.444. The van der Waals surface area contributed by atoms with Gasteiger partial charge in [0.1, 0.15) is 0 Å². The summed E-state index contributed by atoms with van der Waals surface area (Å²) in [5.74, 6) is -0.108. The second-order valence-electron chi connectivity index (χ2n) is 6.17. The molecular weight excluding hydrogens is 278 g/mol. The van der Waals surface area contributed by atoms with Crippen molar-refractivity contribution >= 4 is 11.7 Å². The lowest BCUT2D eigenvalue weighted by Gasteiger charge is -2.23. The molecule has 1 atom stereocenters. The smallest absolute Gasteiger partial charge is 0.344 e. The van der Waals surface area contributed by atoms with Crippen LogP contribution in [0.1, 0.15) is 56.6 Å². The van der Waals surface area contributed by atoms with Crippen LogP contribution >= 0.6 is 0 Å². The van der Waals surface area contributed by atoms with E-state index in [1.54, 1.807) is 0 Å². The molecule has 1 aliphatic carbocycles. The highest BCUT2D eigenvalue weighted by Gasteiger charge is 2.20. The van der Waals surface area contributed by atoms with Crippen molar-refractivity contribution in [3.8, 4) is 0 Å². The van der Waals surface area contributed by atoms with E-state index in [9.17, 15) is 4.79 Å². The van der Waals surface area contributed by atoms with E-state index < -0.39 is 12.6 Å². The minimum Gasteiger partial charge on any atom is -0.479 e. The summed E-state index contributed by atoms with van der Waals surface area (Å²) in [6, 6.07) is 8.75. The maximum atomic E-state index is 10.5. The lowest BCUT2D eigenvalue weighted by molar-refractivity contribution is -0.142. The van der Waals surface area contributed by atoms with Gasteiger partial charge >= 0.3 is 5.97 Å². The molecule has 4 nitrogen and oxygen atoms in total. The number of carbonyl (C=O) groups is 1. The zero-order valence-electron chi connectivity index (χ0n) is 13.4. The minimum atomic E-state index is -1.01. The van der Waals surface area contributed by atoms with Crippen LogP contribution in [0.4, 0.5) is 0 Å². The van der Waals surface area contributed by atoms with Gasteiger partial charge in [0.25, 0.3) is 0 Å². The molecule has 0 unspecified atom stereocenters. The minimum absolute atomic E-state index is 0.374. The molecular formula is C18H23NO3. The third kappa shape index (κ3) is 4.45. The van der Waals surface area contributed by atoms with Crippen LogP contribution in [0.2, 0.25) is 0 Å². The van der Waals surface area contributed by atoms with Crippen LogP contribution in [0.5, 0.6) is 0 Å². The van der Waals surface area contributed by atoms with Crippen LogP contribution in [-0.2, 0) is 9.63 Å². The number of carboxylic acid groups (broad SMARTS) is 1. The van der Waals surface area contributed by atoms with E-state index in [-0.39, 0.29) is 0 Å². The van der Waals surface area contributed by atoms with Crippen molar-refractivity contribution in [3.63, 3.8) is 0 Å². The third-order valence-corrected chi connectivity index (χ3v) is 3.88. The van der Waals surface area contributed by atoms with Gasteiger partial charge in [-0.3, -0.25) is 0 Å². The average molecular weight is 301 g/mol. The molecule has 0 bridgehead atoms. The van der Waals surface area contributed by atoms with E-state index in [1.807, 2.05) is 6.08 Å². The summed E-state index contributed by atoms with van der Waals surface area (Å²) in [7, 11) is 0. The molecule has 0 spiro atoms. The second-order valence-corrected chi connectivity index (χ2v) is 6.17. The van der Waals surface area contributed by atoms with Gasteiger partial charge in [0.05, 0.1) is 5.71 Å². The Bertz CT molecular complexity index is 585. The molecule has 0 fully saturated rings. The first-order valence-corrected chi connectivity index (χ1v) is 7.63. The first-order valence-electron chi connectivity index (χ1n) is 7.63. The van der Waals surface area contributed by atoms with Crippen LogP contribution in [0.15, 0.2) is 41.1 Å². The van der Waals surface area contributed by atoms with Gasteiger partial charge in [0.15, 0.2) is 0 Å². The second kappa shape index (κ2) is 7.25. The van der Waals surface area contributed by atoms with E-state index >= 15 is 0 Å². The molecule has 0 aliphatic heterocycles. The van der Waals surface area contributed by atoms with Crippen LogP contribution < -0.4 is 0 Å². The van der Waals surface area contributed by atoms with Crippen molar-refractivity contribution in [2.24, 2.45) is 5.16 Å². The highest BCUT2D eigenvalue weighted by Crippen LogP contribution is 2.32. The van der Waals surface area contributed by atoms with Crippen molar-refractivity contribution in [2.45, 2.75) is 45.4 Å². The first-order chi connectivity index (χ1) is 10.5. The first kappa shape index (κ1) is 16.3.